The Labute approximate surface area is 153 Å². The molecule has 2 aromatic heterocycles. The van der Waals surface area contributed by atoms with Crippen LogP contribution in [-0.4, -0.2) is 59.8 Å². The van der Waals surface area contributed by atoms with E-state index in [4.69, 9.17) is 4.74 Å². The smallest absolute Gasteiger partial charge is 0.278 e. The summed E-state index contributed by atoms with van der Waals surface area (Å²) >= 11 is 0. The normalized spacial score (nSPS) is 25.1. The number of hydrogen-bond acceptors (Lipinski definition) is 8. The van der Waals surface area contributed by atoms with E-state index in [0.717, 1.165) is 5.56 Å². The molecule has 5 N–H and O–H groups in total. The van der Waals surface area contributed by atoms with Crippen LogP contribution in [0.3, 0.4) is 0 Å². The second-order valence-corrected chi connectivity index (χ2v) is 6.28. The standard InChI is InChI=1S/C17H19N5O5/c23-7-10-12(24)13(25)16(27-10)22-14-11(15(26)20-8-19-14)21-17(22)18-6-9-4-2-1-3-5-9/h1-5,8,10,12-13,16,23-25H,6-7H2,(H,18,21)(H,19,20,26)/t10-,12-,13+,16-/m1/s1. The minimum Gasteiger partial charge on any atom is -0.394 e. The van der Waals surface area contributed by atoms with Crippen molar-refractivity contribution in [3.63, 3.8) is 0 Å². The highest BCUT2D eigenvalue weighted by molar-refractivity contribution is 5.73. The van der Waals surface area contributed by atoms with Gasteiger partial charge in [-0.1, -0.05) is 30.3 Å². The second-order valence-electron chi connectivity index (χ2n) is 6.28. The van der Waals surface area contributed by atoms with E-state index in [-0.39, 0.29) is 17.1 Å². The van der Waals surface area contributed by atoms with Gasteiger partial charge in [-0.3, -0.25) is 9.36 Å². The van der Waals surface area contributed by atoms with E-state index in [0.29, 0.717) is 6.54 Å². The van der Waals surface area contributed by atoms with Gasteiger partial charge >= 0.3 is 0 Å². The van der Waals surface area contributed by atoms with Crippen molar-refractivity contribution in [3.05, 3.63) is 52.6 Å². The van der Waals surface area contributed by atoms with Crippen LogP contribution in [0.2, 0.25) is 0 Å². The number of rotatable bonds is 5. The Morgan fingerprint density at radius 1 is 1.22 bits per heavy atom. The van der Waals surface area contributed by atoms with Crippen LogP contribution >= 0.6 is 0 Å². The fraction of sp³-hybridized carbons (Fsp3) is 0.353. The number of H-pyrrole nitrogens is 1. The minimum atomic E-state index is -1.32. The van der Waals surface area contributed by atoms with E-state index < -0.39 is 36.7 Å². The summed E-state index contributed by atoms with van der Waals surface area (Å²) in [6, 6.07) is 9.56. The summed E-state index contributed by atoms with van der Waals surface area (Å²) in [5.74, 6) is 0.257. The van der Waals surface area contributed by atoms with Crippen molar-refractivity contribution < 1.29 is 20.1 Å². The zero-order chi connectivity index (χ0) is 19.0. The lowest BCUT2D eigenvalue weighted by molar-refractivity contribution is -0.0501. The largest absolute Gasteiger partial charge is 0.394 e. The fourth-order valence-corrected chi connectivity index (χ4v) is 3.16. The maximum absolute atomic E-state index is 12.1. The summed E-state index contributed by atoms with van der Waals surface area (Å²) in [5, 5.41) is 32.9. The van der Waals surface area contributed by atoms with Gasteiger partial charge in [-0.15, -0.1) is 0 Å². The molecule has 27 heavy (non-hydrogen) atoms. The van der Waals surface area contributed by atoms with Crippen LogP contribution in [0.25, 0.3) is 11.2 Å². The van der Waals surface area contributed by atoms with Crippen LogP contribution in [0.15, 0.2) is 41.5 Å². The van der Waals surface area contributed by atoms with Crippen LogP contribution in [0.1, 0.15) is 11.8 Å². The highest BCUT2D eigenvalue weighted by atomic mass is 16.6. The van der Waals surface area contributed by atoms with Gasteiger partial charge in [-0.25, -0.2) is 9.97 Å². The monoisotopic (exact) mass is 373 g/mol. The molecule has 0 saturated carbocycles. The van der Waals surface area contributed by atoms with Gasteiger partial charge in [-0.2, -0.15) is 0 Å². The lowest BCUT2D eigenvalue weighted by Crippen LogP contribution is -2.33. The van der Waals surface area contributed by atoms with Crippen LogP contribution in [-0.2, 0) is 11.3 Å². The number of anilines is 1. The average Bonchev–Trinajstić information content (AvgIpc) is 3.19. The van der Waals surface area contributed by atoms with Crippen LogP contribution in [0.5, 0.6) is 0 Å². The Hall–Kier alpha value is -2.79. The number of aromatic nitrogens is 4. The molecule has 10 nitrogen and oxygen atoms in total. The van der Waals surface area contributed by atoms with Gasteiger partial charge in [0, 0.05) is 6.54 Å². The number of benzene rings is 1. The van der Waals surface area contributed by atoms with Crippen molar-refractivity contribution in [2.75, 3.05) is 11.9 Å². The number of aliphatic hydroxyl groups is 3. The molecule has 0 radical (unpaired) electrons. The van der Waals surface area contributed by atoms with Gasteiger partial charge in [0.05, 0.1) is 12.9 Å². The first-order chi connectivity index (χ1) is 13.1. The minimum absolute atomic E-state index is 0.0748. The molecule has 0 aliphatic carbocycles. The molecule has 0 bridgehead atoms. The molecular formula is C17H19N5O5. The molecule has 1 aliphatic heterocycles. The Bertz CT molecular complexity index is 988. The average molecular weight is 373 g/mol. The molecule has 4 atom stereocenters. The second kappa shape index (κ2) is 7.08. The van der Waals surface area contributed by atoms with Gasteiger partial charge in [-0.05, 0) is 5.56 Å². The Balaban J connectivity index is 1.76. The first-order valence-electron chi connectivity index (χ1n) is 8.46. The molecular weight excluding hydrogens is 354 g/mol. The summed E-state index contributed by atoms with van der Waals surface area (Å²) < 4.78 is 7.03. The van der Waals surface area contributed by atoms with Gasteiger partial charge in [0.25, 0.3) is 5.56 Å². The Morgan fingerprint density at radius 3 is 2.70 bits per heavy atom. The molecule has 4 rings (SSSR count). The third-order valence-corrected chi connectivity index (χ3v) is 4.55. The predicted octanol–water partition coefficient (Wildman–Crippen LogP) is -0.657. The number of aromatic amines is 1. The highest BCUT2D eigenvalue weighted by Gasteiger charge is 2.45. The lowest BCUT2D eigenvalue weighted by atomic mass is 10.1. The Morgan fingerprint density at radius 2 is 2.00 bits per heavy atom. The molecule has 3 aromatic rings. The molecule has 10 heteroatoms. The van der Waals surface area contributed by atoms with Gasteiger partial charge < -0.3 is 30.4 Å². The number of imidazole rings is 1. The molecule has 0 spiro atoms. The maximum Gasteiger partial charge on any atom is 0.278 e. The van der Waals surface area contributed by atoms with Gasteiger partial charge in [0.15, 0.2) is 17.4 Å². The van der Waals surface area contributed by atoms with E-state index in [1.165, 1.54) is 10.9 Å². The highest BCUT2D eigenvalue weighted by Crippen LogP contribution is 2.33. The van der Waals surface area contributed by atoms with E-state index in [2.05, 4.69) is 20.3 Å². The number of hydrogen-bond donors (Lipinski definition) is 5. The topological polar surface area (TPSA) is 146 Å². The number of ether oxygens (including phenoxy) is 1. The Kier molecular flexibility index (Phi) is 4.62. The van der Waals surface area contributed by atoms with Crippen LogP contribution in [0.4, 0.5) is 5.95 Å². The van der Waals surface area contributed by atoms with E-state index in [1.54, 1.807) is 0 Å². The maximum atomic E-state index is 12.1. The summed E-state index contributed by atoms with van der Waals surface area (Å²) in [4.78, 5) is 23.0. The third kappa shape index (κ3) is 3.08. The number of nitrogens with one attached hydrogen (secondary N) is 2. The van der Waals surface area contributed by atoms with Crippen LogP contribution in [0, 0.1) is 0 Å². The first kappa shape index (κ1) is 17.6. The zero-order valence-corrected chi connectivity index (χ0v) is 14.2. The van der Waals surface area contributed by atoms with Crippen LogP contribution < -0.4 is 10.9 Å². The van der Waals surface area contributed by atoms with Gasteiger partial charge in [0.2, 0.25) is 5.95 Å². The quantitative estimate of drug-likeness (QED) is 0.396. The van der Waals surface area contributed by atoms with Crippen molar-refractivity contribution in [2.24, 2.45) is 0 Å². The fourth-order valence-electron chi connectivity index (χ4n) is 3.16. The van der Waals surface area contributed by atoms with E-state index in [9.17, 15) is 20.1 Å². The lowest BCUT2D eigenvalue weighted by Gasteiger charge is -2.19. The molecule has 1 aromatic carbocycles. The summed E-state index contributed by atoms with van der Waals surface area (Å²) in [6.45, 7) is -0.0426. The molecule has 0 amide bonds. The van der Waals surface area contributed by atoms with Crippen molar-refractivity contribution in [3.8, 4) is 0 Å². The summed E-state index contributed by atoms with van der Waals surface area (Å²) in [5.41, 5.74) is 0.822. The number of fused-ring (bicyclic) bond motifs is 1. The molecule has 0 unspecified atom stereocenters. The molecule has 1 fully saturated rings. The van der Waals surface area contributed by atoms with Crippen molar-refractivity contribution in [1.82, 2.24) is 19.5 Å². The molecule has 1 saturated heterocycles. The van der Waals surface area contributed by atoms with Crippen molar-refractivity contribution in [2.45, 2.75) is 31.1 Å². The van der Waals surface area contributed by atoms with E-state index >= 15 is 0 Å². The summed E-state index contributed by atoms with van der Waals surface area (Å²) in [6.07, 6.45) is -3.38. The van der Waals surface area contributed by atoms with E-state index in [1.807, 2.05) is 30.3 Å². The number of nitrogens with zero attached hydrogens (tertiary/aromatic N) is 3. The van der Waals surface area contributed by atoms with Gasteiger partial charge in [0.1, 0.15) is 18.3 Å². The number of aliphatic hydroxyl groups excluding tert-OH is 3. The predicted molar refractivity (Wildman–Crippen MR) is 94.9 cm³/mol. The van der Waals surface area contributed by atoms with Crippen molar-refractivity contribution in [1.29, 1.82) is 0 Å². The zero-order valence-electron chi connectivity index (χ0n) is 14.2. The van der Waals surface area contributed by atoms with Crippen molar-refractivity contribution >= 4 is 17.1 Å². The third-order valence-electron chi connectivity index (χ3n) is 4.55. The molecule has 3 heterocycles. The molecule has 1 aliphatic rings. The molecule has 142 valence electrons. The first-order valence-corrected chi connectivity index (χ1v) is 8.46. The summed E-state index contributed by atoms with van der Waals surface area (Å²) in [7, 11) is 0. The SMILES string of the molecule is O=c1[nH]cnc2c1nc(NCc1ccccc1)n2[C@@H]1O[C@H](CO)[C@@H](O)[C@@H]1O.